The smallest absolute Gasteiger partial charge is 0.252 e. The van der Waals surface area contributed by atoms with Crippen molar-refractivity contribution in [1.82, 2.24) is 15.1 Å². The summed E-state index contributed by atoms with van der Waals surface area (Å²) in [7, 11) is 3.88. The fourth-order valence-corrected chi connectivity index (χ4v) is 4.88. The fourth-order valence-electron chi connectivity index (χ4n) is 4.88. The molecule has 36 heavy (non-hydrogen) atoms. The molecule has 0 radical (unpaired) electrons. The highest BCUT2D eigenvalue weighted by molar-refractivity contribution is 5.98. The first-order valence-electron chi connectivity index (χ1n) is 12.7. The van der Waals surface area contributed by atoms with E-state index >= 15 is 0 Å². The number of anilines is 1. The van der Waals surface area contributed by atoms with Gasteiger partial charge in [0.2, 0.25) is 5.91 Å². The monoisotopic (exact) mass is 500 g/mol. The van der Waals surface area contributed by atoms with Crippen molar-refractivity contribution in [3.05, 3.63) is 29.8 Å². The summed E-state index contributed by atoms with van der Waals surface area (Å²) in [4.78, 5) is 56.1. The van der Waals surface area contributed by atoms with Gasteiger partial charge in [-0.1, -0.05) is 27.7 Å². The van der Waals surface area contributed by atoms with Crippen molar-refractivity contribution in [2.75, 3.05) is 38.6 Å². The number of amides is 3. The normalized spacial score (nSPS) is 21.2. The molecule has 2 N–H and O–H groups in total. The summed E-state index contributed by atoms with van der Waals surface area (Å²) < 4.78 is 0. The zero-order valence-corrected chi connectivity index (χ0v) is 22.3. The average Bonchev–Trinajstić information content (AvgIpc) is 3.38. The number of nitrogens with one attached hydrogen (secondary N) is 1. The Balaban J connectivity index is 1.49. The van der Waals surface area contributed by atoms with Gasteiger partial charge in [0.05, 0.1) is 12.6 Å². The van der Waals surface area contributed by atoms with E-state index in [9.17, 15) is 24.3 Å². The van der Waals surface area contributed by atoms with E-state index in [0.29, 0.717) is 31.5 Å². The summed E-state index contributed by atoms with van der Waals surface area (Å²) >= 11 is 0. The van der Waals surface area contributed by atoms with Crippen molar-refractivity contribution in [2.24, 2.45) is 11.3 Å². The minimum Gasteiger partial charge on any atom is -0.383 e. The van der Waals surface area contributed by atoms with Crippen LogP contribution in [0.5, 0.6) is 0 Å². The molecule has 4 unspecified atom stereocenters. The van der Waals surface area contributed by atoms with Gasteiger partial charge in [-0.3, -0.25) is 19.2 Å². The predicted molar refractivity (Wildman–Crippen MR) is 138 cm³/mol. The third-order valence-electron chi connectivity index (χ3n) is 7.17. The molecule has 198 valence electrons. The summed E-state index contributed by atoms with van der Waals surface area (Å²) in [6, 6.07) is 6.35. The first kappa shape index (κ1) is 27.6. The van der Waals surface area contributed by atoms with E-state index in [2.05, 4.69) is 5.32 Å². The average molecular weight is 501 g/mol. The van der Waals surface area contributed by atoms with Crippen molar-refractivity contribution in [3.63, 3.8) is 0 Å². The third kappa shape index (κ3) is 6.06. The second-order valence-corrected chi connectivity index (χ2v) is 11.4. The number of aliphatic hydroxyl groups excluding tert-OH is 1. The van der Waals surface area contributed by atoms with E-state index in [1.54, 1.807) is 37.8 Å². The van der Waals surface area contributed by atoms with Crippen LogP contribution in [-0.4, -0.2) is 90.3 Å². The lowest BCUT2D eigenvalue weighted by atomic mass is 9.88. The number of nitrogens with zero attached hydrogens (tertiary/aromatic N) is 3. The van der Waals surface area contributed by atoms with Crippen LogP contribution < -0.4 is 10.2 Å². The van der Waals surface area contributed by atoms with Crippen LogP contribution >= 0.6 is 0 Å². The molecular formula is C27H40N4O5. The van der Waals surface area contributed by atoms with Gasteiger partial charge >= 0.3 is 0 Å². The second-order valence-electron chi connectivity index (χ2n) is 11.4. The highest BCUT2D eigenvalue weighted by Gasteiger charge is 2.52. The summed E-state index contributed by atoms with van der Waals surface area (Å²) in [6.45, 7) is 8.08. The molecule has 0 aromatic heterocycles. The quantitative estimate of drug-likeness (QED) is 0.562. The highest BCUT2D eigenvalue weighted by Crippen LogP contribution is 2.33. The van der Waals surface area contributed by atoms with E-state index in [-0.39, 0.29) is 42.5 Å². The molecule has 2 aliphatic heterocycles. The van der Waals surface area contributed by atoms with Crippen LogP contribution in [0.15, 0.2) is 24.3 Å². The van der Waals surface area contributed by atoms with E-state index < -0.39 is 23.5 Å². The van der Waals surface area contributed by atoms with Crippen LogP contribution in [0.25, 0.3) is 0 Å². The molecule has 9 nitrogen and oxygen atoms in total. The number of benzene rings is 1. The molecule has 2 aliphatic rings. The maximum Gasteiger partial charge on any atom is 0.252 e. The minimum atomic E-state index is -1.20. The first-order valence-corrected chi connectivity index (χ1v) is 12.7. The van der Waals surface area contributed by atoms with Gasteiger partial charge in [-0.2, -0.15) is 0 Å². The number of likely N-dealkylation sites (tertiary alicyclic amines) is 2. The Morgan fingerprint density at radius 1 is 1.14 bits per heavy atom. The van der Waals surface area contributed by atoms with Gasteiger partial charge in [-0.15, -0.1) is 0 Å². The topological polar surface area (TPSA) is 110 Å². The standard InChI is InChI=1S/C27H40N4O5/c1-17(11-13-28-25(35)18-7-9-19(10-8-18)29(5)6)15-22(33)30-14-12-20-23(30)21(32)16-31(20)26(36)24(34)27(2,3)4/h7-10,17,20,23-24,34H,11-16H2,1-6H3,(H,28,35). The molecule has 2 saturated heterocycles. The SMILES string of the molecule is CC(CCNC(=O)c1ccc(N(C)C)cc1)CC(=O)N1CCC2C1C(=O)CN2C(=O)C(O)C(C)(C)C. The van der Waals surface area contributed by atoms with Crippen LogP contribution in [0.1, 0.15) is 57.3 Å². The summed E-state index contributed by atoms with van der Waals surface area (Å²) in [5.74, 6) is -0.844. The van der Waals surface area contributed by atoms with Crippen LogP contribution in [-0.2, 0) is 14.4 Å². The summed E-state index contributed by atoms with van der Waals surface area (Å²) in [5.41, 5.74) is 0.969. The largest absolute Gasteiger partial charge is 0.383 e. The number of rotatable bonds is 8. The highest BCUT2D eigenvalue weighted by atomic mass is 16.3. The number of hydrogen-bond acceptors (Lipinski definition) is 6. The molecule has 0 spiro atoms. The van der Waals surface area contributed by atoms with E-state index in [0.717, 1.165) is 5.69 Å². The van der Waals surface area contributed by atoms with Gasteiger partial charge in [0.15, 0.2) is 5.78 Å². The predicted octanol–water partition coefficient (Wildman–Crippen LogP) is 1.69. The lowest BCUT2D eigenvalue weighted by Gasteiger charge is -2.31. The van der Waals surface area contributed by atoms with Crippen molar-refractivity contribution < 1.29 is 24.3 Å². The first-order chi connectivity index (χ1) is 16.8. The number of Topliss-reactive ketones (excluding diaryl/α,β-unsaturated/α-hetero) is 1. The molecular weight excluding hydrogens is 460 g/mol. The number of carbonyl (C=O) groups excluding carboxylic acids is 4. The summed E-state index contributed by atoms with van der Waals surface area (Å²) in [6.07, 6.45) is 0.227. The lowest BCUT2D eigenvalue weighted by Crippen LogP contribution is -2.48. The zero-order valence-electron chi connectivity index (χ0n) is 22.3. The number of ketones is 1. The molecule has 0 bridgehead atoms. The number of carbonyl (C=O) groups is 4. The molecule has 4 atom stereocenters. The molecule has 0 aliphatic carbocycles. The molecule has 1 aromatic carbocycles. The van der Waals surface area contributed by atoms with Crippen LogP contribution in [0.2, 0.25) is 0 Å². The minimum absolute atomic E-state index is 0.0184. The Morgan fingerprint density at radius 2 is 1.78 bits per heavy atom. The third-order valence-corrected chi connectivity index (χ3v) is 7.17. The van der Waals surface area contributed by atoms with Gasteiger partial charge in [0, 0.05) is 44.9 Å². The molecule has 3 amide bonds. The van der Waals surface area contributed by atoms with Crippen molar-refractivity contribution in [3.8, 4) is 0 Å². The number of fused-ring (bicyclic) bond motifs is 1. The molecule has 2 fully saturated rings. The van der Waals surface area contributed by atoms with Crippen molar-refractivity contribution in [2.45, 2.75) is 65.1 Å². The van der Waals surface area contributed by atoms with Gasteiger partial charge < -0.3 is 25.1 Å². The Kier molecular flexibility index (Phi) is 8.44. The fraction of sp³-hybridized carbons (Fsp3) is 0.630. The van der Waals surface area contributed by atoms with Gasteiger partial charge in [0.1, 0.15) is 12.1 Å². The lowest BCUT2D eigenvalue weighted by molar-refractivity contribution is -0.147. The zero-order chi connectivity index (χ0) is 26.8. The Morgan fingerprint density at radius 3 is 2.36 bits per heavy atom. The van der Waals surface area contributed by atoms with Gasteiger partial charge in [0.25, 0.3) is 11.8 Å². The number of aliphatic hydroxyl groups is 1. The van der Waals surface area contributed by atoms with Crippen LogP contribution in [0, 0.1) is 11.3 Å². The molecule has 1 aromatic rings. The molecule has 9 heteroatoms. The van der Waals surface area contributed by atoms with E-state index in [4.69, 9.17) is 0 Å². The second kappa shape index (κ2) is 11.0. The van der Waals surface area contributed by atoms with Gasteiger partial charge in [-0.25, -0.2) is 0 Å². The Labute approximate surface area is 213 Å². The number of hydrogen-bond donors (Lipinski definition) is 2. The van der Waals surface area contributed by atoms with Crippen molar-refractivity contribution in [1.29, 1.82) is 0 Å². The maximum absolute atomic E-state index is 13.0. The van der Waals surface area contributed by atoms with E-state index in [1.807, 2.05) is 38.1 Å². The van der Waals surface area contributed by atoms with Crippen LogP contribution in [0.4, 0.5) is 5.69 Å². The van der Waals surface area contributed by atoms with Gasteiger partial charge in [-0.05, 0) is 48.4 Å². The van der Waals surface area contributed by atoms with Crippen molar-refractivity contribution >= 4 is 29.2 Å². The summed E-state index contributed by atoms with van der Waals surface area (Å²) in [5, 5.41) is 13.3. The Hall–Kier alpha value is -2.94. The molecule has 0 saturated carbocycles. The van der Waals surface area contributed by atoms with E-state index in [1.165, 1.54) is 4.90 Å². The maximum atomic E-state index is 13.0. The molecule has 3 rings (SSSR count). The van der Waals surface area contributed by atoms with Crippen LogP contribution in [0.3, 0.4) is 0 Å². The Bertz CT molecular complexity index is 985. The molecule has 2 heterocycles.